The Morgan fingerprint density at radius 3 is 2.59 bits per heavy atom. The van der Waals surface area contributed by atoms with E-state index in [1.807, 2.05) is 0 Å². The number of para-hydroxylation sites is 1. The van der Waals surface area contributed by atoms with Crippen LogP contribution in [0.15, 0.2) is 30.3 Å². The van der Waals surface area contributed by atoms with Crippen LogP contribution in [0.4, 0.5) is 5.69 Å². The van der Waals surface area contributed by atoms with E-state index in [1.165, 1.54) is 18.7 Å². The molecule has 0 spiro atoms. The van der Waals surface area contributed by atoms with Crippen LogP contribution in [0.3, 0.4) is 0 Å². The highest BCUT2D eigenvalue weighted by Gasteiger charge is 2.29. The van der Waals surface area contributed by atoms with Crippen molar-refractivity contribution in [3.63, 3.8) is 0 Å². The highest BCUT2D eigenvalue weighted by Crippen LogP contribution is 2.24. The highest BCUT2D eigenvalue weighted by molar-refractivity contribution is 5.42. The van der Waals surface area contributed by atoms with Gasteiger partial charge in [-0.3, -0.25) is 4.90 Å². The van der Waals surface area contributed by atoms with Gasteiger partial charge >= 0.3 is 0 Å². The monoisotopic (exact) mass is 232 g/mol. The fourth-order valence-electron chi connectivity index (χ4n) is 2.89. The maximum atomic E-state index is 3.52. The third kappa shape index (κ3) is 3.22. The molecule has 1 heterocycles. The molecule has 3 unspecified atom stereocenters. The normalized spacial score (nSPS) is 27.0. The first-order valence-corrected chi connectivity index (χ1v) is 6.71. The topological polar surface area (TPSA) is 15.3 Å². The van der Waals surface area contributed by atoms with Crippen LogP contribution in [0.1, 0.15) is 27.2 Å². The van der Waals surface area contributed by atoms with Crippen molar-refractivity contribution in [1.82, 2.24) is 4.90 Å². The van der Waals surface area contributed by atoms with E-state index in [0.29, 0.717) is 6.04 Å². The molecule has 2 heteroatoms. The summed E-state index contributed by atoms with van der Waals surface area (Å²) >= 11 is 0. The summed E-state index contributed by atoms with van der Waals surface area (Å²) in [6.07, 6.45) is 1.34. The number of nitrogens with zero attached hydrogens (tertiary/aromatic N) is 1. The number of likely N-dealkylation sites (tertiary alicyclic amines) is 1. The Labute approximate surface area is 105 Å². The van der Waals surface area contributed by atoms with Crippen molar-refractivity contribution in [2.75, 3.05) is 18.4 Å². The molecular weight excluding hydrogens is 208 g/mol. The standard InChI is InChI=1S/C15H24N2/c1-12-9-13(2)17(11-12)14(3)10-16-15-7-5-4-6-8-15/h4-8,12-14,16H,9-11H2,1-3H3. The van der Waals surface area contributed by atoms with E-state index in [0.717, 1.165) is 18.5 Å². The summed E-state index contributed by atoms with van der Waals surface area (Å²) in [5.41, 5.74) is 1.22. The lowest BCUT2D eigenvalue weighted by Crippen LogP contribution is -2.40. The lowest BCUT2D eigenvalue weighted by Gasteiger charge is -2.29. The van der Waals surface area contributed by atoms with Crippen molar-refractivity contribution in [3.8, 4) is 0 Å². The largest absolute Gasteiger partial charge is 0.383 e. The van der Waals surface area contributed by atoms with Crippen LogP contribution in [0.5, 0.6) is 0 Å². The van der Waals surface area contributed by atoms with Crippen molar-refractivity contribution in [1.29, 1.82) is 0 Å². The van der Waals surface area contributed by atoms with Crippen LogP contribution < -0.4 is 5.32 Å². The molecule has 94 valence electrons. The van der Waals surface area contributed by atoms with Gasteiger partial charge in [0.25, 0.3) is 0 Å². The van der Waals surface area contributed by atoms with Crippen molar-refractivity contribution in [2.24, 2.45) is 5.92 Å². The van der Waals surface area contributed by atoms with E-state index in [1.54, 1.807) is 0 Å². The minimum Gasteiger partial charge on any atom is -0.383 e. The quantitative estimate of drug-likeness (QED) is 0.857. The first kappa shape index (κ1) is 12.4. The molecule has 0 aliphatic carbocycles. The fourth-order valence-corrected chi connectivity index (χ4v) is 2.89. The summed E-state index contributed by atoms with van der Waals surface area (Å²) in [5, 5.41) is 3.52. The van der Waals surface area contributed by atoms with Crippen LogP contribution >= 0.6 is 0 Å². The minimum atomic E-state index is 0.607. The van der Waals surface area contributed by atoms with Crippen LogP contribution in [0.2, 0.25) is 0 Å². The Balaban J connectivity index is 1.83. The Kier molecular flexibility index (Phi) is 4.06. The Morgan fingerprint density at radius 2 is 2.00 bits per heavy atom. The number of nitrogens with one attached hydrogen (secondary N) is 1. The van der Waals surface area contributed by atoms with Gasteiger partial charge in [0.2, 0.25) is 0 Å². The zero-order valence-electron chi connectivity index (χ0n) is 11.2. The molecule has 0 saturated carbocycles. The average Bonchev–Trinajstić information content (AvgIpc) is 2.67. The lowest BCUT2D eigenvalue weighted by atomic mass is 10.1. The molecule has 0 radical (unpaired) electrons. The Morgan fingerprint density at radius 1 is 1.29 bits per heavy atom. The summed E-state index contributed by atoms with van der Waals surface area (Å²) in [6, 6.07) is 11.8. The second kappa shape index (κ2) is 5.54. The second-order valence-electron chi connectivity index (χ2n) is 5.48. The van der Waals surface area contributed by atoms with Crippen molar-refractivity contribution in [3.05, 3.63) is 30.3 Å². The van der Waals surface area contributed by atoms with E-state index in [4.69, 9.17) is 0 Å². The van der Waals surface area contributed by atoms with Crippen LogP contribution in [-0.4, -0.2) is 30.1 Å². The number of hydrogen-bond acceptors (Lipinski definition) is 2. The molecule has 2 rings (SSSR count). The summed E-state index contributed by atoms with van der Waals surface area (Å²) in [4.78, 5) is 2.63. The molecule has 3 atom stereocenters. The third-order valence-corrected chi connectivity index (χ3v) is 3.77. The van der Waals surface area contributed by atoms with Gasteiger partial charge in [0.15, 0.2) is 0 Å². The molecule has 1 aromatic carbocycles. The van der Waals surface area contributed by atoms with Crippen LogP contribution in [0.25, 0.3) is 0 Å². The van der Waals surface area contributed by atoms with Gasteiger partial charge in [0.1, 0.15) is 0 Å². The number of benzene rings is 1. The molecule has 0 bridgehead atoms. The summed E-state index contributed by atoms with van der Waals surface area (Å²) in [6.45, 7) is 9.31. The molecule has 0 amide bonds. The molecule has 1 aliphatic heterocycles. The van der Waals surface area contributed by atoms with Gasteiger partial charge < -0.3 is 5.32 Å². The van der Waals surface area contributed by atoms with Gasteiger partial charge in [0, 0.05) is 30.9 Å². The SMILES string of the molecule is CC1CC(C)N(C(C)CNc2ccccc2)C1. The zero-order valence-corrected chi connectivity index (χ0v) is 11.2. The minimum absolute atomic E-state index is 0.607. The molecule has 1 fully saturated rings. The van der Waals surface area contributed by atoms with Crippen LogP contribution in [-0.2, 0) is 0 Å². The second-order valence-corrected chi connectivity index (χ2v) is 5.48. The van der Waals surface area contributed by atoms with E-state index in [-0.39, 0.29) is 0 Å². The van der Waals surface area contributed by atoms with Gasteiger partial charge in [-0.05, 0) is 38.3 Å². The molecule has 1 aliphatic rings. The van der Waals surface area contributed by atoms with Gasteiger partial charge in [-0.1, -0.05) is 25.1 Å². The van der Waals surface area contributed by atoms with Gasteiger partial charge in [0.05, 0.1) is 0 Å². The highest BCUT2D eigenvalue weighted by atomic mass is 15.2. The molecule has 2 nitrogen and oxygen atoms in total. The molecule has 17 heavy (non-hydrogen) atoms. The number of rotatable bonds is 4. The fraction of sp³-hybridized carbons (Fsp3) is 0.600. The summed E-state index contributed by atoms with van der Waals surface area (Å²) in [7, 11) is 0. The van der Waals surface area contributed by atoms with Crippen molar-refractivity contribution < 1.29 is 0 Å². The van der Waals surface area contributed by atoms with Gasteiger partial charge in [-0.25, -0.2) is 0 Å². The number of anilines is 1. The molecular formula is C15H24N2. The van der Waals surface area contributed by atoms with Crippen molar-refractivity contribution >= 4 is 5.69 Å². The maximum absolute atomic E-state index is 3.52. The van der Waals surface area contributed by atoms with E-state index < -0.39 is 0 Å². The van der Waals surface area contributed by atoms with E-state index in [2.05, 4.69) is 61.3 Å². The summed E-state index contributed by atoms with van der Waals surface area (Å²) in [5.74, 6) is 0.851. The Hall–Kier alpha value is -1.02. The van der Waals surface area contributed by atoms with Gasteiger partial charge in [-0.2, -0.15) is 0 Å². The molecule has 0 aromatic heterocycles. The van der Waals surface area contributed by atoms with E-state index >= 15 is 0 Å². The molecule has 1 saturated heterocycles. The summed E-state index contributed by atoms with van der Waals surface area (Å²) < 4.78 is 0. The predicted octanol–water partition coefficient (Wildman–Crippen LogP) is 3.22. The smallest absolute Gasteiger partial charge is 0.0340 e. The lowest BCUT2D eigenvalue weighted by molar-refractivity contribution is 0.207. The third-order valence-electron chi connectivity index (χ3n) is 3.77. The molecule has 1 N–H and O–H groups in total. The Bertz CT molecular complexity index is 336. The van der Waals surface area contributed by atoms with Gasteiger partial charge in [-0.15, -0.1) is 0 Å². The average molecular weight is 232 g/mol. The maximum Gasteiger partial charge on any atom is 0.0340 e. The number of hydrogen-bond donors (Lipinski definition) is 1. The first-order chi connectivity index (χ1) is 8.16. The first-order valence-electron chi connectivity index (χ1n) is 6.71. The van der Waals surface area contributed by atoms with Crippen molar-refractivity contribution in [2.45, 2.75) is 39.3 Å². The predicted molar refractivity (Wildman–Crippen MR) is 74.3 cm³/mol. The zero-order chi connectivity index (χ0) is 12.3. The molecule has 1 aromatic rings. The van der Waals surface area contributed by atoms with E-state index in [9.17, 15) is 0 Å². The van der Waals surface area contributed by atoms with Crippen LogP contribution in [0, 0.1) is 5.92 Å².